The lowest BCUT2D eigenvalue weighted by Gasteiger charge is -2.44. The Morgan fingerprint density at radius 1 is 0.962 bits per heavy atom. The Balaban J connectivity index is 1.88. The van der Waals surface area contributed by atoms with Gasteiger partial charge in [0.1, 0.15) is 0 Å². The summed E-state index contributed by atoms with van der Waals surface area (Å²) >= 11 is 0. The Hall–Kier alpha value is -2.62. The molecule has 1 fully saturated rings. The van der Waals surface area contributed by atoms with Crippen molar-refractivity contribution in [1.82, 2.24) is 10.2 Å². The Kier molecular flexibility index (Phi) is 5.71. The van der Waals surface area contributed by atoms with Crippen LogP contribution in [0.2, 0.25) is 0 Å². The minimum atomic E-state index is -0.191. The van der Waals surface area contributed by atoms with Crippen molar-refractivity contribution in [3.63, 3.8) is 0 Å². The highest BCUT2D eigenvalue weighted by molar-refractivity contribution is 5.83. The lowest BCUT2D eigenvalue weighted by atomic mass is 9.69. The summed E-state index contributed by atoms with van der Waals surface area (Å²) in [7, 11) is 1.60. The third kappa shape index (κ3) is 3.79. The van der Waals surface area contributed by atoms with Crippen LogP contribution in [0.25, 0.3) is 0 Å². The Morgan fingerprint density at radius 3 is 2.08 bits per heavy atom. The molecule has 1 heterocycles. The molecule has 0 bridgehead atoms. The molecule has 4 heteroatoms. The van der Waals surface area contributed by atoms with E-state index in [4.69, 9.17) is 0 Å². The van der Waals surface area contributed by atoms with Crippen LogP contribution in [0.15, 0.2) is 60.7 Å². The van der Waals surface area contributed by atoms with Gasteiger partial charge < -0.3 is 10.2 Å². The lowest BCUT2D eigenvalue weighted by molar-refractivity contribution is -0.135. The fraction of sp³-hybridized carbons (Fsp3) is 0.364. The van der Waals surface area contributed by atoms with Crippen molar-refractivity contribution in [1.29, 1.82) is 0 Å². The number of benzene rings is 2. The maximum atomic E-state index is 12.7. The monoisotopic (exact) mass is 350 g/mol. The topological polar surface area (TPSA) is 49.4 Å². The van der Waals surface area contributed by atoms with Crippen LogP contribution in [-0.4, -0.2) is 36.9 Å². The number of hydrogen-bond acceptors (Lipinski definition) is 2. The number of likely N-dealkylation sites (tertiary alicyclic amines) is 1. The predicted molar refractivity (Wildman–Crippen MR) is 103 cm³/mol. The third-order valence-corrected chi connectivity index (χ3v) is 5.34. The second-order valence-corrected chi connectivity index (χ2v) is 6.91. The van der Waals surface area contributed by atoms with Crippen LogP contribution in [-0.2, 0) is 15.0 Å². The first-order valence-electron chi connectivity index (χ1n) is 9.25. The summed E-state index contributed by atoms with van der Waals surface area (Å²) in [5.41, 5.74) is 2.30. The maximum absolute atomic E-state index is 12.7. The molecule has 26 heavy (non-hydrogen) atoms. The van der Waals surface area contributed by atoms with E-state index >= 15 is 0 Å². The van der Waals surface area contributed by atoms with Gasteiger partial charge in [-0.1, -0.05) is 60.7 Å². The van der Waals surface area contributed by atoms with Crippen LogP contribution in [0.5, 0.6) is 0 Å². The van der Waals surface area contributed by atoms with Crippen LogP contribution >= 0.6 is 0 Å². The van der Waals surface area contributed by atoms with Crippen LogP contribution in [0.4, 0.5) is 0 Å². The first-order valence-corrected chi connectivity index (χ1v) is 9.25. The molecule has 2 aromatic carbocycles. The molecule has 0 spiro atoms. The van der Waals surface area contributed by atoms with Crippen molar-refractivity contribution in [2.45, 2.75) is 31.1 Å². The lowest BCUT2D eigenvalue weighted by Crippen LogP contribution is -2.49. The van der Waals surface area contributed by atoms with Gasteiger partial charge in [0.05, 0.1) is 0 Å². The molecule has 2 amide bonds. The number of nitrogens with one attached hydrogen (secondary N) is 1. The first kappa shape index (κ1) is 18.2. The van der Waals surface area contributed by atoms with Gasteiger partial charge in [0.2, 0.25) is 11.8 Å². The van der Waals surface area contributed by atoms with E-state index in [1.54, 1.807) is 7.05 Å². The summed E-state index contributed by atoms with van der Waals surface area (Å²) in [6.45, 7) is 1.42. The molecule has 2 aromatic rings. The fourth-order valence-corrected chi connectivity index (χ4v) is 3.92. The van der Waals surface area contributed by atoms with Crippen molar-refractivity contribution in [2.24, 2.45) is 0 Å². The van der Waals surface area contributed by atoms with E-state index in [-0.39, 0.29) is 30.1 Å². The number of piperidine rings is 1. The van der Waals surface area contributed by atoms with Crippen molar-refractivity contribution >= 4 is 11.8 Å². The van der Waals surface area contributed by atoms with Crippen molar-refractivity contribution in [2.75, 3.05) is 20.1 Å². The summed E-state index contributed by atoms with van der Waals surface area (Å²) in [4.78, 5) is 26.1. The summed E-state index contributed by atoms with van der Waals surface area (Å²) in [5, 5.41) is 2.58. The fourth-order valence-electron chi connectivity index (χ4n) is 3.92. The van der Waals surface area contributed by atoms with Gasteiger partial charge in [-0.25, -0.2) is 0 Å². The smallest absolute Gasteiger partial charge is 0.223 e. The van der Waals surface area contributed by atoms with Crippen molar-refractivity contribution < 1.29 is 9.59 Å². The van der Waals surface area contributed by atoms with Crippen LogP contribution in [0, 0.1) is 0 Å². The van der Waals surface area contributed by atoms with Gasteiger partial charge in [-0.2, -0.15) is 0 Å². The highest BCUT2D eigenvalue weighted by atomic mass is 16.2. The highest BCUT2D eigenvalue weighted by Crippen LogP contribution is 2.40. The standard InChI is InChI=1S/C22H26N2O2/c1-23-20(25)13-14-21(26)24-16-8-15-22(17-24,18-9-4-2-5-10-18)19-11-6-3-7-12-19/h2-7,9-12H,8,13-17H2,1H3,(H,23,25). The Bertz CT molecular complexity index is 704. The number of hydrogen-bond donors (Lipinski definition) is 1. The van der Waals surface area contributed by atoms with Crippen LogP contribution < -0.4 is 5.32 Å². The summed E-state index contributed by atoms with van der Waals surface area (Å²) in [6, 6.07) is 20.9. The van der Waals surface area contributed by atoms with Crippen LogP contribution in [0.1, 0.15) is 36.8 Å². The van der Waals surface area contributed by atoms with E-state index in [1.165, 1.54) is 11.1 Å². The molecule has 0 unspecified atom stereocenters. The number of carbonyl (C=O) groups excluding carboxylic acids is 2. The van der Waals surface area contributed by atoms with Gasteiger partial charge in [-0.05, 0) is 24.0 Å². The number of amides is 2. The molecule has 4 nitrogen and oxygen atoms in total. The van der Waals surface area contributed by atoms with Gasteiger partial charge in [0, 0.05) is 38.4 Å². The molecule has 0 radical (unpaired) electrons. The van der Waals surface area contributed by atoms with E-state index in [9.17, 15) is 9.59 Å². The summed E-state index contributed by atoms with van der Waals surface area (Å²) in [6.07, 6.45) is 2.48. The quantitative estimate of drug-likeness (QED) is 0.901. The molecular weight excluding hydrogens is 324 g/mol. The van der Waals surface area contributed by atoms with Crippen molar-refractivity contribution in [3.8, 4) is 0 Å². The Labute approximate surface area is 155 Å². The minimum absolute atomic E-state index is 0.0598. The average Bonchev–Trinajstić information content (AvgIpc) is 2.73. The average molecular weight is 350 g/mol. The molecule has 0 aromatic heterocycles. The molecule has 1 aliphatic rings. The molecular formula is C22H26N2O2. The molecule has 0 atom stereocenters. The summed E-state index contributed by atoms with van der Waals surface area (Å²) < 4.78 is 0. The number of rotatable bonds is 5. The SMILES string of the molecule is CNC(=O)CCC(=O)N1CCCC(c2ccccc2)(c2ccccc2)C1. The van der Waals surface area contributed by atoms with Gasteiger partial charge in [0.25, 0.3) is 0 Å². The van der Waals surface area contributed by atoms with Gasteiger partial charge in [0.15, 0.2) is 0 Å². The largest absolute Gasteiger partial charge is 0.359 e. The summed E-state index contributed by atoms with van der Waals surface area (Å²) in [5.74, 6) is -0.0303. The zero-order valence-corrected chi connectivity index (χ0v) is 15.3. The van der Waals surface area contributed by atoms with E-state index in [0.717, 1.165) is 19.4 Å². The third-order valence-electron chi connectivity index (χ3n) is 5.34. The van der Waals surface area contributed by atoms with Crippen molar-refractivity contribution in [3.05, 3.63) is 71.8 Å². The van der Waals surface area contributed by atoms with E-state index in [0.29, 0.717) is 6.54 Å². The number of nitrogens with zero attached hydrogens (tertiary/aromatic N) is 1. The molecule has 0 saturated carbocycles. The van der Waals surface area contributed by atoms with Gasteiger partial charge in [-0.15, -0.1) is 0 Å². The molecule has 1 aliphatic heterocycles. The van der Waals surface area contributed by atoms with Crippen LogP contribution in [0.3, 0.4) is 0 Å². The minimum Gasteiger partial charge on any atom is -0.359 e. The van der Waals surface area contributed by atoms with Gasteiger partial charge in [-0.3, -0.25) is 9.59 Å². The highest BCUT2D eigenvalue weighted by Gasteiger charge is 2.39. The predicted octanol–water partition coefficient (Wildman–Crippen LogP) is 3.12. The zero-order valence-electron chi connectivity index (χ0n) is 15.3. The first-order chi connectivity index (χ1) is 12.7. The molecule has 1 N–H and O–H groups in total. The van der Waals surface area contributed by atoms with E-state index in [1.807, 2.05) is 17.0 Å². The maximum Gasteiger partial charge on any atom is 0.223 e. The molecule has 1 saturated heterocycles. The number of carbonyl (C=O) groups is 2. The van der Waals surface area contributed by atoms with Gasteiger partial charge >= 0.3 is 0 Å². The molecule has 0 aliphatic carbocycles. The second kappa shape index (κ2) is 8.17. The molecule has 136 valence electrons. The Morgan fingerprint density at radius 2 is 1.54 bits per heavy atom. The second-order valence-electron chi connectivity index (χ2n) is 6.91. The zero-order chi connectivity index (χ0) is 18.4. The molecule has 3 rings (SSSR count). The van der Waals surface area contributed by atoms with E-state index in [2.05, 4.69) is 53.8 Å². The van der Waals surface area contributed by atoms with E-state index < -0.39 is 0 Å². The normalized spacial score (nSPS) is 16.1.